The fourth-order valence-corrected chi connectivity index (χ4v) is 6.31. The number of hydrogen-bond donors (Lipinski definition) is 0. The Balaban J connectivity index is 4.48. The zero-order chi connectivity index (χ0) is 43.7. The number of unbranched alkanes of at least 4 members (excludes halogenated alkanes) is 19. The van der Waals surface area contributed by atoms with Gasteiger partial charge in [0.2, 0.25) is 0 Å². The fourth-order valence-electron chi connectivity index (χ4n) is 6.31. The summed E-state index contributed by atoms with van der Waals surface area (Å²) in [4.78, 5) is 37.8. The highest BCUT2D eigenvalue weighted by Crippen LogP contribution is 2.14. The molecule has 0 saturated heterocycles. The van der Waals surface area contributed by atoms with E-state index in [1.54, 1.807) is 0 Å². The van der Waals surface area contributed by atoms with Crippen LogP contribution >= 0.6 is 0 Å². The summed E-state index contributed by atoms with van der Waals surface area (Å²) in [6.07, 6.45) is 62.4. The highest BCUT2D eigenvalue weighted by molar-refractivity contribution is 5.71. The molecule has 0 spiro atoms. The molecule has 6 heteroatoms. The molecular weight excluding hydrogens is 745 g/mol. The van der Waals surface area contributed by atoms with E-state index < -0.39 is 6.10 Å². The summed E-state index contributed by atoms with van der Waals surface area (Å²) in [5.41, 5.74) is 0. The largest absolute Gasteiger partial charge is 0.462 e. The van der Waals surface area contributed by atoms with Crippen LogP contribution in [0, 0.1) is 0 Å². The van der Waals surface area contributed by atoms with E-state index in [0.717, 1.165) is 96.3 Å². The smallest absolute Gasteiger partial charge is 0.306 e. The zero-order valence-corrected chi connectivity index (χ0v) is 38.7. The molecule has 0 aromatic carbocycles. The van der Waals surface area contributed by atoms with E-state index in [-0.39, 0.29) is 37.5 Å². The minimum Gasteiger partial charge on any atom is -0.462 e. The van der Waals surface area contributed by atoms with Crippen molar-refractivity contribution >= 4 is 17.9 Å². The van der Waals surface area contributed by atoms with Crippen LogP contribution in [0.4, 0.5) is 0 Å². The predicted octanol–water partition coefficient (Wildman–Crippen LogP) is 15.8. The van der Waals surface area contributed by atoms with Crippen molar-refractivity contribution in [1.29, 1.82) is 0 Å². The molecule has 0 radical (unpaired) electrons. The standard InChI is InChI=1S/C54H88O6/c1-4-7-10-13-16-19-22-25-26-27-28-29-30-33-35-38-41-44-47-53(56)59-50-51(60-54(57)48-45-42-39-36-32-24-21-18-15-12-9-6-3)49-58-52(55)46-43-40-37-34-31-23-20-17-14-11-8-5-2/h9-10,12-13,16,18-19,21-22,25-29,32,36,51H,4-8,11,14-15,17,20,23-24,30-31,33-35,37-50H2,1-3H3/b12-9-,13-10-,19-16-,21-18-,25-22-,27-26-,29-28-,36-32-. The summed E-state index contributed by atoms with van der Waals surface area (Å²) in [5.74, 6) is -0.973. The third kappa shape index (κ3) is 45.4. The van der Waals surface area contributed by atoms with E-state index in [9.17, 15) is 14.4 Å². The first-order valence-corrected chi connectivity index (χ1v) is 24.3. The second-order valence-corrected chi connectivity index (χ2v) is 15.8. The fraction of sp³-hybridized carbons (Fsp3) is 0.648. The molecule has 1 unspecified atom stereocenters. The SMILES string of the molecule is CC/C=C\C/C=C\C/C=C\CCCCC(=O)OC(COC(=O)CCCCCCC\C=C/C=C\C=C/C=C\C=C/CCC)COC(=O)CCCCCCCCCCCCCC. The lowest BCUT2D eigenvalue weighted by Crippen LogP contribution is -2.30. The molecule has 0 fully saturated rings. The number of rotatable bonds is 42. The van der Waals surface area contributed by atoms with Crippen molar-refractivity contribution in [3.63, 3.8) is 0 Å². The van der Waals surface area contributed by atoms with Crippen LogP contribution in [0.5, 0.6) is 0 Å². The van der Waals surface area contributed by atoms with Gasteiger partial charge in [-0.3, -0.25) is 14.4 Å². The van der Waals surface area contributed by atoms with E-state index in [0.29, 0.717) is 19.3 Å². The summed E-state index contributed by atoms with van der Waals surface area (Å²) in [6.45, 7) is 6.36. The van der Waals surface area contributed by atoms with E-state index >= 15 is 0 Å². The second kappa shape index (κ2) is 48.0. The molecule has 0 saturated carbocycles. The van der Waals surface area contributed by atoms with Gasteiger partial charge >= 0.3 is 17.9 Å². The quantitative estimate of drug-likeness (QED) is 0.0200. The maximum absolute atomic E-state index is 12.7. The number of ether oxygens (including phenoxy) is 3. The van der Waals surface area contributed by atoms with Gasteiger partial charge in [0.1, 0.15) is 13.2 Å². The van der Waals surface area contributed by atoms with Crippen LogP contribution in [-0.2, 0) is 28.6 Å². The number of carbonyl (C=O) groups is 3. The van der Waals surface area contributed by atoms with Crippen molar-refractivity contribution in [2.24, 2.45) is 0 Å². The Labute approximate surface area is 368 Å². The monoisotopic (exact) mass is 833 g/mol. The van der Waals surface area contributed by atoms with Crippen LogP contribution in [0.25, 0.3) is 0 Å². The normalized spacial score (nSPS) is 12.9. The Kier molecular flexibility index (Phi) is 45.1. The van der Waals surface area contributed by atoms with Gasteiger partial charge in [0.15, 0.2) is 6.10 Å². The Morgan fingerprint density at radius 1 is 0.367 bits per heavy atom. The van der Waals surface area contributed by atoms with E-state index in [1.807, 2.05) is 36.5 Å². The van der Waals surface area contributed by atoms with Crippen LogP contribution in [0.2, 0.25) is 0 Å². The number of allylic oxidation sites excluding steroid dienone is 16. The summed E-state index contributed by atoms with van der Waals surface area (Å²) in [7, 11) is 0. The van der Waals surface area contributed by atoms with Crippen molar-refractivity contribution in [2.75, 3.05) is 13.2 Å². The number of hydrogen-bond acceptors (Lipinski definition) is 6. The molecule has 0 bridgehead atoms. The summed E-state index contributed by atoms with van der Waals surface area (Å²) in [5, 5.41) is 0. The lowest BCUT2D eigenvalue weighted by molar-refractivity contribution is -0.167. The average Bonchev–Trinajstić information content (AvgIpc) is 3.24. The lowest BCUT2D eigenvalue weighted by atomic mass is 10.0. The Morgan fingerprint density at radius 2 is 0.750 bits per heavy atom. The van der Waals surface area contributed by atoms with Crippen molar-refractivity contribution < 1.29 is 28.6 Å². The first kappa shape index (κ1) is 56.3. The maximum Gasteiger partial charge on any atom is 0.306 e. The maximum atomic E-state index is 12.7. The molecule has 0 aromatic heterocycles. The molecule has 0 aliphatic carbocycles. The Hall–Kier alpha value is -3.67. The third-order valence-corrected chi connectivity index (χ3v) is 9.93. The van der Waals surface area contributed by atoms with Crippen LogP contribution in [0.1, 0.15) is 207 Å². The average molecular weight is 833 g/mol. The lowest BCUT2D eigenvalue weighted by Gasteiger charge is -2.18. The number of carbonyl (C=O) groups excluding carboxylic acids is 3. The predicted molar refractivity (Wildman–Crippen MR) is 256 cm³/mol. The molecule has 0 aromatic rings. The minimum atomic E-state index is -0.806. The van der Waals surface area contributed by atoms with E-state index in [2.05, 4.69) is 81.5 Å². The zero-order valence-electron chi connectivity index (χ0n) is 38.7. The Bertz CT molecular complexity index is 1230. The highest BCUT2D eigenvalue weighted by atomic mass is 16.6. The van der Waals surface area contributed by atoms with Gasteiger partial charge in [-0.2, -0.15) is 0 Å². The van der Waals surface area contributed by atoms with Gasteiger partial charge in [0.25, 0.3) is 0 Å². The van der Waals surface area contributed by atoms with Gasteiger partial charge in [0.05, 0.1) is 0 Å². The molecule has 0 N–H and O–H groups in total. The van der Waals surface area contributed by atoms with E-state index in [1.165, 1.54) is 64.2 Å². The molecule has 0 amide bonds. The third-order valence-electron chi connectivity index (χ3n) is 9.93. The van der Waals surface area contributed by atoms with Gasteiger partial charge < -0.3 is 14.2 Å². The van der Waals surface area contributed by atoms with Crippen molar-refractivity contribution in [1.82, 2.24) is 0 Å². The summed E-state index contributed by atoms with van der Waals surface area (Å²) in [6, 6.07) is 0. The molecule has 0 rings (SSSR count). The van der Waals surface area contributed by atoms with Crippen molar-refractivity contribution in [2.45, 2.75) is 213 Å². The summed E-state index contributed by atoms with van der Waals surface area (Å²) >= 11 is 0. The highest BCUT2D eigenvalue weighted by Gasteiger charge is 2.19. The molecular formula is C54H88O6. The number of esters is 3. The van der Waals surface area contributed by atoms with Crippen LogP contribution in [-0.4, -0.2) is 37.2 Å². The molecule has 340 valence electrons. The summed E-state index contributed by atoms with van der Waals surface area (Å²) < 4.78 is 16.7. The molecule has 1 atom stereocenters. The molecule has 60 heavy (non-hydrogen) atoms. The van der Waals surface area contributed by atoms with Gasteiger partial charge in [-0.05, 0) is 70.6 Å². The van der Waals surface area contributed by atoms with E-state index in [4.69, 9.17) is 14.2 Å². The van der Waals surface area contributed by atoms with Crippen molar-refractivity contribution in [3.8, 4) is 0 Å². The molecule has 0 heterocycles. The van der Waals surface area contributed by atoms with Gasteiger partial charge in [-0.15, -0.1) is 0 Å². The van der Waals surface area contributed by atoms with Crippen LogP contribution < -0.4 is 0 Å². The molecule has 6 nitrogen and oxygen atoms in total. The van der Waals surface area contributed by atoms with Crippen molar-refractivity contribution in [3.05, 3.63) is 97.2 Å². The first-order valence-electron chi connectivity index (χ1n) is 24.3. The second-order valence-electron chi connectivity index (χ2n) is 15.8. The topological polar surface area (TPSA) is 78.9 Å². The minimum absolute atomic E-state index is 0.101. The van der Waals surface area contributed by atoms with Crippen LogP contribution in [0.3, 0.4) is 0 Å². The van der Waals surface area contributed by atoms with Gasteiger partial charge in [-0.25, -0.2) is 0 Å². The molecule has 0 aliphatic heterocycles. The van der Waals surface area contributed by atoms with Gasteiger partial charge in [0, 0.05) is 19.3 Å². The van der Waals surface area contributed by atoms with Crippen LogP contribution in [0.15, 0.2) is 97.2 Å². The van der Waals surface area contributed by atoms with Gasteiger partial charge in [-0.1, -0.05) is 214 Å². The first-order chi connectivity index (χ1) is 29.5. The molecule has 0 aliphatic rings. The Morgan fingerprint density at radius 3 is 1.27 bits per heavy atom.